The van der Waals surface area contributed by atoms with Crippen LogP contribution in [0, 0.1) is 0 Å². The first-order valence-corrected chi connectivity index (χ1v) is 6.31. The molecule has 1 aromatic carbocycles. The highest BCUT2D eigenvalue weighted by Crippen LogP contribution is 2.35. The van der Waals surface area contributed by atoms with E-state index < -0.39 is 11.7 Å². The van der Waals surface area contributed by atoms with E-state index in [0.29, 0.717) is 13.1 Å². The third kappa shape index (κ3) is 4.63. The topological polar surface area (TPSA) is 41.3 Å². The van der Waals surface area contributed by atoms with Gasteiger partial charge >= 0.3 is 6.18 Å². The zero-order chi connectivity index (χ0) is 14.5. The smallest absolute Gasteiger partial charge is 0.399 e. The zero-order valence-electron chi connectivity index (χ0n) is 11.2. The van der Waals surface area contributed by atoms with Gasteiger partial charge in [-0.15, -0.1) is 0 Å². The van der Waals surface area contributed by atoms with Crippen molar-refractivity contribution in [2.45, 2.75) is 20.0 Å². The lowest BCUT2D eigenvalue weighted by Crippen LogP contribution is -2.29. The van der Waals surface area contributed by atoms with Gasteiger partial charge in [0, 0.05) is 24.5 Å². The van der Waals surface area contributed by atoms with E-state index in [0.717, 1.165) is 19.2 Å². The van der Waals surface area contributed by atoms with Gasteiger partial charge < -0.3 is 16.0 Å². The van der Waals surface area contributed by atoms with Crippen molar-refractivity contribution in [1.29, 1.82) is 0 Å². The number of nitrogens with zero attached hydrogens (tertiary/aromatic N) is 1. The standard InChI is InChI=1S/C13H20F3N3/c1-3-19(4-2)8-7-18-12-6-5-10(17)9-11(12)13(14,15)16/h5-6,9,18H,3-4,7-8,17H2,1-2H3. The summed E-state index contributed by atoms with van der Waals surface area (Å²) in [6, 6.07) is 3.80. The van der Waals surface area contributed by atoms with Gasteiger partial charge in [0.05, 0.1) is 5.56 Å². The summed E-state index contributed by atoms with van der Waals surface area (Å²) in [6.45, 7) is 6.98. The monoisotopic (exact) mass is 275 g/mol. The van der Waals surface area contributed by atoms with Gasteiger partial charge in [0.1, 0.15) is 0 Å². The molecule has 0 fully saturated rings. The fourth-order valence-corrected chi connectivity index (χ4v) is 1.84. The molecular weight excluding hydrogens is 255 g/mol. The third-order valence-electron chi connectivity index (χ3n) is 2.99. The summed E-state index contributed by atoms with van der Waals surface area (Å²) in [7, 11) is 0. The first kappa shape index (κ1) is 15.6. The second-order valence-corrected chi connectivity index (χ2v) is 4.26. The van der Waals surface area contributed by atoms with Gasteiger partial charge in [-0.2, -0.15) is 13.2 Å². The molecule has 0 heterocycles. The summed E-state index contributed by atoms with van der Waals surface area (Å²) in [5, 5.41) is 2.83. The summed E-state index contributed by atoms with van der Waals surface area (Å²) >= 11 is 0. The molecule has 0 aliphatic carbocycles. The van der Waals surface area contributed by atoms with Gasteiger partial charge in [0.25, 0.3) is 0 Å². The minimum absolute atomic E-state index is 0.0776. The number of nitrogens with one attached hydrogen (secondary N) is 1. The number of nitrogen functional groups attached to an aromatic ring is 1. The molecule has 1 rings (SSSR count). The zero-order valence-corrected chi connectivity index (χ0v) is 11.2. The van der Waals surface area contributed by atoms with Crippen LogP contribution in [0.5, 0.6) is 0 Å². The van der Waals surface area contributed by atoms with Gasteiger partial charge in [-0.25, -0.2) is 0 Å². The van der Waals surface area contributed by atoms with Crippen LogP contribution in [0.2, 0.25) is 0 Å². The number of benzene rings is 1. The number of rotatable bonds is 6. The number of hydrogen-bond donors (Lipinski definition) is 2. The highest BCUT2D eigenvalue weighted by atomic mass is 19.4. The predicted molar refractivity (Wildman–Crippen MR) is 72.1 cm³/mol. The molecule has 3 nitrogen and oxygen atoms in total. The highest BCUT2D eigenvalue weighted by molar-refractivity contribution is 5.59. The molecule has 0 aromatic heterocycles. The Morgan fingerprint density at radius 2 is 1.84 bits per heavy atom. The first-order valence-electron chi connectivity index (χ1n) is 6.31. The maximum atomic E-state index is 12.8. The van der Waals surface area contributed by atoms with Crippen molar-refractivity contribution >= 4 is 11.4 Å². The normalized spacial score (nSPS) is 11.9. The Labute approximate surface area is 111 Å². The van der Waals surface area contributed by atoms with Gasteiger partial charge in [0.2, 0.25) is 0 Å². The van der Waals surface area contributed by atoms with Crippen LogP contribution in [0.3, 0.4) is 0 Å². The summed E-state index contributed by atoms with van der Waals surface area (Å²) in [5.41, 5.74) is 4.88. The molecule has 0 saturated carbocycles. The van der Waals surface area contributed by atoms with Crippen LogP contribution in [0.1, 0.15) is 19.4 Å². The molecule has 0 saturated heterocycles. The molecule has 0 aliphatic rings. The Hall–Kier alpha value is -1.43. The van der Waals surface area contributed by atoms with Crippen LogP contribution in [0.4, 0.5) is 24.5 Å². The molecule has 0 bridgehead atoms. The van der Waals surface area contributed by atoms with Crippen LogP contribution >= 0.6 is 0 Å². The van der Waals surface area contributed by atoms with E-state index in [1.165, 1.54) is 12.1 Å². The molecule has 19 heavy (non-hydrogen) atoms. The molecule has 0 atom stereocenters. The van der Waals surface area contributed by atoms with E-state index in [4.69, 9.17) is 5.73 Å². The van der Waals surface area contributed by atoms with Crippen molar-refractivity contribution in [1.82, 2.24) is 4.90 Å². The van der Waals surface area contributed by atoms with Crippen LogP contribution < -0.4 is 11.1 Å². The van der Waals surface area contributed by atoms with Crippen LogP contribution in [-0.2, 0) is 6.18 Å². The Kier molecular flexibility index (Phi) is 5.47. The average molecular weight is 275 g/mol. The molecule has 6 heteroatoms. The number of hydrogen-bond acceptors (Lipinski definition) is 3. The van der Waals surface area contributed by atoms with E-state index in [9.17, 15) is 13.2 Å². The van der Waals surface area contributed by atoms with E-state index in [1.807, 2.05) is 13.8 Å². The number of nitrogens with two attached hydrogens (primary N) is 1. The molecule has 1 aromatic rings. The molecule has 0 amide bonds. The second-order valence-electron chi connectivity index (χ2n) is 4.26. The van der Waals surface area contributed by atoms with Crippen molar-refractivity contribution in [3.05, 3.63) is 23.8 Å². The molecule has 3 N–H and O–H groups in total. The predicted octanol–water partition coefficient (Wildman–Crippen LogP) is 3.04. The van der Waals surface area contributed by atoms with Crippen molar-refractivity contribution in [2.75, 3.05) is 37.2 Å². The number of alkyl halides is 3. The fourth-order valence-electron chi connectivity index (χ4n) is 1.84. The van der Waals surface area contributed by atoms with Gasteiger partial charge in [-0.05, 0) is 31.3 Å². The quantitative estimate of drug-likeness (QED) is 0.784. The lowest BCUT2D eigenvalue weighted by Gasteiger charge is -2.20. The minimum atomic E-state index is -4.40. The Balaban J connectivity index is 2.73. The van der Waals surface area contributed by atoms with E-state index in [-0.39, 0.29) is 11.4 Å². The lowest BCUT2D eigenvalue weighted by atomic mass is 10.1. The van der Waals surface area contributed by atoms with Crippen molar-refractivity contribution in [3.63, 3.8) is 0 Å². The lowest BCUT2D eigenvalue weighted by molar-refractivity contribution is -0.136. The van der Waals surface area contributed by atoms with Gasteiger partial charge in [0.15, 0.2) is 0 Å². The number of anilines is 2. The van der Waals surface area contributed by atoms with E-state index >= 15 is 0 Å². The van der Waals surface area contributed by atoms with Crippen molar-refractivity contribution in [3.8, 4) is 0 Å². The Morgan fingerprint density at radius 3 is 2.37 bits per heavy atom. The van der Waals surface area contributed by atoms with Crippen LogP contribution in [-0.4, -0.2) is 31.1 Å². The third-order valence-corrected chi connectivity index (χ3v) is 2.99. The maximum Gasteiger partial charge on any atom is 0.418 e. The number of likely N-dealkylation sites (N-methyl/N-ethyl adjacent to an activating group) is 1. The van der Waals surface area contributed by atoms with Gasteiger partial charge in [-0.1, -0.05) is 13.8 Å². The summed E-state index contributed by atoms with van der Waals surface area (Å²) < 4.78 is 38.5. The largest absolute Gasteiger partial charge is 0.418 e. The van der Waals surface area contributed by atoms with E-state index in [2.05, 4.69) is 10.2 Å². The molecule has 108 valence electrons. The first-order chi connectivity index (χ1) is 8.88. The van der Waals surface area contributed by atoms with Crippen molar-refractivity contribution in [2.24, 2.45) is 0 Å². The highest BCUT2D eigenvalue weighted by Gasteiger charge is 2.33. The maximum absolute atomic E-state index is 12.8. The molecular formula is C13H20F3N3. The molecule has 0 spiro atoms. The Bertz CT molecular complexity index is 401. The summed E-state index contributed by atoms with van der Waals surface area (Å²) in [6.07, 6.45) is -4.40. The molecule has 0 aliphatic heterocycles. The summed E-state index contributed by atoms with van der Waals surface area (Å²) in [4.78, 5) is 2.14. The fraction of sp³-hybridized carbons (Fsp3) is 0.538. The van der Waals surface area contributed by atoms with Gasteiger partial charge in [-0.3, -0.25) is 0 Å². The number of halogens is 3. The summed E-state index contributed by atoms with van der Waals surface area (Å²) in [5.74, 6) is 0. The Morgan fingerprint density at radius 1 is 1.21 bits per heavy atom. The van der Waals surface area contributed by atoms with E-state index in [1.54, 1.807) is 0 Å². The van der Waals surface area contributed by atoms with Crippen LogP contribution in [0.15, 0.2) is 18.2 Å². The molecule has 0 radical (unpaired) electrons. The van der Waals surface area contributed by atoms with Crippen LogP contribution in [0.25, 0.3) is 0 Å². The SMILES string of the molecule is CCN(CC)CCNc1ccc(N)cc1C(F)(F)F. The van der Waals surface area contributed by atoms with Crippen molar-refractivity contribution < 1.29 is 13.2 Å². The average Bonchev–Trinajstić information content (AvgIpc) is 2.35. The second kappa shape index (κ2) is 6.65. The molecule has 0 unspecified atom stereocenters. The minimum Gasteiger partial charge on any atom is -0.399 e.